The van der Waals surface area contributed by atoms with Gasteiger partial charge in [0.2, 0.25) is 0 Å². The molecule has 0 spiro atoms. The highest BCUT2D eigenvalue weighted by atomic mass is 16.5. The monoisotopic (exact) mass is 446 g/mol. The zero-order valence-electron chi connectivity index (χ0n) is 20.9. The van der Waals surface area contributed by atoms with Crippen molar-refractivity contribution in [2.24, 2.45) is 0 Å². The molecule has 3 nitrogen and oxygen atoms in total. The molecule has 176 valence electrons. The van der Waals surface area contributed by atoms with Crippen LogP contribution in [0, 0.1) is 11.8 Å². The summed E-state index contributed by atoms with van der Waals surface area (Å²) in [5, 5.41) is 0. The quantitative estimate of drug-likeness (QED) is 0.326. The number of fused-ring (bicyclic) bond motifs is 1. The molecule has 0 aliphatic carbocycles. The summed E-state index contributed by atoms with van der Waals surface area (Å²) >= 11 is 0. The van der Waals surface area contributed by atoms with Gasteiger partial charge < -0.3 is 9.47 Å². The lowest BCUT2D eigenvalue weighted by Gasteiger charge is -2.33. The Morgan fingerprint density at radius 2 is 1.85 bits per heavy atom. The normalized spacial score (nSPS) is 14.9. The Labute approximate surface area is 199 Å². The van der Waals surface area contributed by atoms with Crippen LogP contribution in [0.2, 0.25) is 0 Å². The third-order valence-electron chi connectivity index (χ3n) is 6.52. The van der Waals surface area contributed by atoms with E-state index in [9.17, 15) is 4.79 Å². The lowest BCUT2D eigenvalue weighted by Crippen LogP contribution is -2.27. The van der Waals surface area contributed by atoms with Crippen LogP contribution >= 0.6 is 0 Å². The van der Waals surface area contributed by atoms with Gasteiger partial charge in [-0.2, -0.15) is 0 Å². The largest absolute Gasteiger partial charge is 0.493 e. The molecule has 0 amide bonds. The van der Waals surface area contributed by atoms with Crippen molar-refractivity contribution < 1.29 is 14.3 Å². The molecular formula is C30H38O3. The maximum absolute atomic E-state index is 12.4. The molecule has 2 aromatic carbocycles. The maximum atomic E-state index is 12.4. The number of benzene rings is 2. The highest BCUT2D eigenvalue weighted by Gasteiger charge is 2.29. The van der Waals surface area contributed by atoms with Crippen molar-refractivity contribution >= 4 is 5.97 Å². The topological polar surface area (TPSA) is 35.5 Å². The van der Waals surface area contributed by atoms with E-state index in [2.05, 4.69) is 51.7 Å². The molecule has 1 atom stereocenters. The van der Waals surface area contributed by atoms with Crippen LogP contribution in [0.15, 0.2) is 36.4 Å². The fraction of sp³-hybridized carbons (Fsp3) is 0.500. The summed E-state index contributed by atoms with van der Waals surface area (Å²) in [4.78, 5) is 12.4. The number of esters is 1. The van der Waals surface area contributed by atoms with E-state index < -0.39 is 0 Å². The Bertz CT molecular complexity index is 1010. The second kappa shape index (κ2) is 11.4. The van der Waals surface area contributed by atoms with Crippen LogP contribution in [-0.4, -0.2) is 19.2 Å². The number of hydrogen-bond donors (Lipinski definition) is 0. The fourth-order valence-corrected chi connectivity index (χ4v) is 4.40. The van der Waals surface area contributed by atoms with Crippen LogP contribution in [0.3, 0.4) is 0 Å². The molecule has 2 aromatic rings. The Morgan fingerprint density at radius 3 is 2.52 bits per heavy atom. The third kappa shape index (κ3) is 6.20. The minimum atomic E-state index is -0.208. The van der Waals surface area contributed by atoms with Crippen LogP contribution in [0.4, 0.5) is 0 Å². The van der Waals surface area contributed by atoms with Crippen molar-refractivity contribution in [3.05, 3.63) is 64.2 Å². The molecule has 1 aliphatic rings. The fourth-order valence-electron chi connectivity index (χ4n) is 4.40. The summed E-state index contributed by atoms with van der Waals surface area (Å²) in [6.07, 6.45) is 6.04. The third-order valence-corrected chi connectivity index (χ3v) is 6.52. The minimum Gasteiger partial charge on any atom is -0.493 e. The van der Waals surface area contributed by atoms with E-state index in [1.54, 1.807) is 0 Å². The average molecular weight is 447 g/mol. The van der Waals surface area contributed by atoms with Gasteiger partial charge in [-0.3, -0.25) is 4.79 Å². The first-order chi connectivity index (χ1) is 15.9. The summed E-state index contributed by atoms with van der Waals surface area (Å²) < 4.78 is 11.3. The number of aryl methyl sites for hydroxylation is 1. The first-order valence-corrected chi connectivity index (χ1v) is 12.5. The first-order valence-electron chi connectivity index (χ1n) is 12.5. The second-order valence-electron chi connectivity index (χ2n) is 9.56. The summed E-state index contributed by atoms with van der Waals surface area (Å²) in [6.45, 7) is 11.9. The van der Waals surface area contributed by atoms with Gasteiger partial charge in [0.25, 0.3) is 0 Å². The van der Waals surface area contributed by atoms with Crippen LogP contribution < -0.4 is 4.74 Å². The van der Waals surface area contributed by atoms with E-state index >= 15 is 0 Å². The molecule has 0 N–H and O–H groups in total. The second-order valence-corrected chi connectivity index (χ2v) is 9.56. The van der Waals surface area contributed by atoms with Crippen LogP contribution in [0.5, 0.6) is 5.75 Å². The lowest BCUT2D eigenvalue weighted by molar-refractivity contribution is -0.145. The van der Waals surface area contributed by atoms with E-state index in [-0.39, 0.29) is 17.3 Å². The Kier molecular flexibility index (Phi) is 8.61. The minimum absolute atomic E-state index is 0.0936. The number of carbonyl (C=O) groups excluding carboxylic acids is 1. The molecule has 0 fully saturated rings. The van der Waals surface area contributed by atoms with Crippen LogP contribution in [-0.2, 0) is 21.4 Å². The predicted octanol–water partition coefficient (Wildman–Crippen LogP) is 6.94. The molecule has 33 heavy (non-hydrogen) atoms. The van der Waals surface area contributed by atoms with Crippen molar-refractivity contribution in [3.63, 3.8) is 0 Å². The van der Waals surface area contributed by atoms with E-state index in [1.807, 2.05) is 31.2 Å². The number of rotatable bonds is 8. The van der Waals surface area contributed by atoms with E-state index in [0.717, 1.165) is 67.6 Å². The summed E-state index contributed by atoms with van der Waals surface area (Å²) in [7, 11) is 0. The van der Waals surface area contributed by atoms with Gasteiger partial charge in [0.05, 0.1) is 19.1 Å². The number of carbonyl (C=O) groups is 1. The van der Waals surface area contributed by atoms with Gasteiger partial charge in [-0.05, 0) is 73.4 Å². The van der Waals surface area contributed by atoms with Crippen molar-refractivity contribution in [3.8, 4) is 17.6 Å². The summed E-state index contributed by atoms with van der Waals surface area (Å²) in [6, 6.07) is 12.5. The van der Waals surface area contributed by atoms with Gasteiger partial charge in [-0.25, -0.2) is 0 Å². The molecule has 0 aromatic heterocycles. The van der Waals surface area contributed by atoms with Gasteiger partial charge in [-0.15, -0.1) is 0 Å². The smallest absolute Gasteiger partial charge is 0.313 e. The van der Waals surface area contributed by atoms with E-state index in [1.165, 1.54) is 11.1 Å². The van der Waals surface area contributed by atoms with Crippen molar-refractivity contribution in [2.75, 3.05) is 13.2 Å². The predicted molar refractivity (Wildman–Crippen MR) is 135 cm³/mol. The number of hydrogen-bond acceptors (Lipinski definition) is 3. The highest BCUT2D eigenvalue weighted by Crippen LogP contribution is 2.40. The SMILES string of the molecule is CCCCc1cc2c(cc1C#Cc1ccc(C(CCC)C(=O)OCC)cc1)C(C)(C)CCO2. The molecular weight excluding hydrogens is 408 g/mol. The lowest BCUT2D eigenvalue weighted by atomic mass is 9.78. The van der Waals surface area contributed by atoms with Crippen LogP contribution in [0.25, 0.3) is 0 Å². The zero-order valence-corrected chi connectivity index (χ0v) is 20.9. The van der Waals surface area contributed by atoms with Crippen molar-refractivity contribution in [2.45, 2.75) is 84.5 Å². The van der Waals surface area contributed by atoms with Crippen molar-refractivity contribution in [1.82, 2.24) is 0 Å². The van der Waals surface area contributed by atoms with E-state index in [4.69, 9.17) is 9.47 Å². The summed E-state index contributed by atoms with van der Waals surface area (Å²) in [5.41, 5.74) is 5.66. The standard InChI is InChI=1S/C30H38O3/c1-6-9-11-24-21-28-27(30(4,5)18-19-33-28)20-25(24)17-14-22-12-15-23(16-13-22)26(10-7-2)29(31)32-8-3/h12-13,15-16,20-21,26H,6-11,18-19H2,1-5H3. The van der Waals surface area contributed by atoms with Gasteiger partial charge in [0.1, 0.15) is 5.75 Å². The van der Waals surface area contributed by atoms with E-state index in [0.29, 0.717) is 6.61 Å². The number of unbranched alkanes of at least 4 members (excludes halogenated alkanes) is 1. The molecule has 0 saturated carbocycles. The van der Waals surface area contributed by atoms with Gasteiger partial charge in [-0.1, -0.05) is 64.5 Å². The molecule has 0 bridgehead atoms. The molecule has 1 aliphatic heterocycles. The van der Waals surface area contributed by atoms with Gasteiger partial charge in [0, 0.05) is 16.7 Å². The first kappa shape index (κ1) is 24.9. The van der Waals surface area contributed by atoms with Crippen molar-refractivity contribution in [1.29, 1.82) is 0 Å². The Hall–Kier alpha value is -2.73. The molecule has 1 unspecified atom stereocenters. The zero-order chi connectivity index (χ0) is 23.8. The average Bonchev–Trinajstić information content (AvgIpc) is 2.80. The number of ether oxygens (including phenoxy) is 2. The Morgan fingerprint density at radius 1 is 1.09 bits per heavy atom. The molecule has 3 rings (SSSR count). The van der Waals surface area contributed by atoms with Gasteiger partial charge in [0.15, 0.2) is 0 Å². The molecule has 0 saturated heterocycles. The molecule has 1 heterocycles. The van der Waals surface area contributed by atoms with Crippen LogP contribution in [0.1, 0.15) is 100 Å². The maximum Gasteiger partial charge on any atom is 0.313 e. The Balaban J connectivity index is 1.90. The molecule has 0 radical (unpaired) electrons. The highest BCUT2D eigenvalue weighted by molar-refractivity contribution is 5.78. The molecule has 3 heteroatoms. The van der Waals surface area contributed by atoms with Gasteiger partial charge >= 0.3 is 5.97 Å². The summed E-state index contributed by atoms with van der Waals surface area (Å²) in [5.74, 6) is 7.48.